The summed E-state index contributed by atoms with van der Waals surface area (Å²) in [6.45, 7) is 1.37. The number of carboxylic acid groups (broad SMARTS) is 1. The molecule has 0 amide bonds. The summed E-state index contributed by atoms with van der Waals surface area (Å²) >= 11 is 0. The smallest absolute Gasteiger partial charge is 0.326 e. The number of nitrogens with two attached hydrogens (primary N) is 1. The van der Waals surface area contributed by atoms with Crippen molar-refractivity contribution in [1.29, 1.82) is 0 Å². The minimum atomic E-state index is -1.53. The highest BCUT2D eigenvalue weighted by Crippen LogP contribution is 2.21. The first-order valence-electron chi connectivity index (χ1n) is 4.82. The molecule has 0 saturated carbocycles. The number of aliphatic imine (C=N–C) groups is 1. The van der Waals surface area contributed by atoms with Gasteiger partial charge in [-0.05, 0) is 25.3 Å². The van der Waals surface area contributed by atoms with Crippen molar-refractivity contribution < 1.29 is 15.0 Å². The van der Waals surface area contributed by atoms with Gasteiger partial charge in [-0.3, -0.25) is 9.79 Å². The molecule has 0 aromatic heterocycles. The van der Waals surface area contributed by atoms with Crippen LogP contribution in [0.5, 0.6) is 0 Å². The molecule has 0 saturated heterocycles. The molecule has 15 heavy (non-hydrogen) atoms. The molecule has 1 aliphatic rings. The molecule has 5 nitrogen and oxygen atoms in total. The molecule has 0 spiro atoms. The molecule has 1 aliphatic heterocycles. The van der Waals surface area contributed by atoms with Gasteiger partial charge in [-0.15, -0.1) is 0 Å². The predicted molar refractivity (Wildman–Crippen MR) is 56.7 cm³/mol. The molecular weight excluding hydrogens is 196 g/mol. The molecule has 84 valence electrons. The lowest BCUT2D eigenvalue weighted by molar-refractivity contribution is -0.145. The first-order chi connectivity index (χ1) is 6.98. The first-order valence-corrected chi connectivity index (χ1v) is 4.82. The van der Waals surface area contributed by atoms with Gasteiger partial charge in [0.15, 0.2) is 0 Å². The number of aliphatic hydroxyl groups excluding tert-OH is 1. The number of nitrogens with zero attached hydrogens (tertiary/aromatic N) is 1. The van der Waals surface area contributed by atoms with Crippen molar-refractivity contribution >= 4 is 11.7 Å². The maximum atomic E-state index is 10.8. The van der Waals surface area contributed by atoms with E-state index in [0.717, 1.165) is 17.7 Å². The second-order valence-corrected chi connectivity index (χ2v) is 3.95. The number of carbonyl (C=O) groups is 1. The fourth-order valence-electron chi connectivity index (χ4n) is 1.41. The van der Waals surface area contributed by atoms with Crippen LogP contribution >= 0.6 is 0 Å². The van der Waals surface area contributed by atoms with Gasteiger partial charge in [-0.1, -0.05) is 0 Å². The van der Waals surface area contributed by atoms with Crippen LogP contribution in [-0.2, 0) is 4.79 Å². The molecule has 0 aromatic rings. The van der Waals surface area contributed by atoms with Crippen molar-refractivity contribution in [2.45, 2.75) is 31.7 Å². The highest BCUT2D eigenvalue weighted by atomic mass is 16.4. The van der Waals surface area contributed by atoms with Gasteiger partial charge in [0, 0.05) is 18.3 Å². The normalized spacial score (nSPS) is 19.4. The summed E-state index contributed by atoms with van der Waals surface area (Å²) in [6.07, 6.45) is 3.31. The minimum Gasteiger partial charge on any atom is -0.480 e. The van der Waals surface area contributed by atoms with Crippen molar-refractivity contribution in [3.8, 4) is 0 Å². The minimum absolute atomic E-state index is 0.230. The Labute approximate surface area is 88.3 Å². The molecule has 5 heteroatoms. The maximum absolute atomic E-state index is 10.8. The Bertz CT molecular complexity index is 323. The van der Waals surface area contributed by atoms with Crippen LogP contribution in [-0.4, -0.2) is 34.0 Å². The number of hydrogen-bond donors (Lipinski definition) is 3. The van der Waals surface area contributed by atoms with E-state index >= 15 is 0 Å². The van der Waals surface area contributed by atoms with E-state index in [-0.39, 0.29) is 6.42 Å². The van der Waals surface area contributed by atoms with Crippen LogP contribution in [0.15, 0.2) is 16.8 Å². The Morgan fingerprint density at radius 1 is 1.73 bits per heavy atom. The van der Waals surface area contributed by atoms with Gasteiger partial charge in [0.2, 0.25) is 0 Å². The fourth-order valence-corrected chi connectivity index (χ4v) is 1.41. The molecule has 0 aliphatic carbocycles. The standard InChI is InChI=1S/C10H16N2O3/c1-7-4-8(5-12-7)2-3-10(11,6-13)9(14)15/h5,13H,2-4,6,11H2,1H3,(H,14,15). The van der Waals surface area contributed by atoms with Crippen LogP contribution in [0.4, 0.5) is 0 Å². The molecule has 0 aromatic carbocycles. The molecule has 1 heterocycles. The summed E-state index contributed by atoms with van der Waals surface area (Å²) in [4.78, 5) is 14.9. The average Bonchev–Trinajstić information content (AvgIpc) is 2.60. The molecule has 1 atom stereocenters. The fraction of sp³-hybridized carbons (Fsp3) is 0.600. The number of allylic oxidation sites excluding steroid dienone is 1. The summed E-state index contributed by atoms with van der Waals surface area (Å²) in [5.41, 5.74) is 6.10. The third-order valence-electron chi connectivity index (χ3n) is 2.55. The van der Waals surface area contributed by atoms with E-state index in [2.05, 4.69) is 4.99 Å². The van der Waals surface area contributed by atoms with Crippen LogP contribution in [0.1, 0.15) is 26.2 Å². The van der Waals surface area contributed by atoms with Gasteiger partial charge >= 0.3 is 5.97 Å². The third-order valence-corrected chi connectivity index (χ3v) is 2.55. The zero-order valence-corrected chi connectivity index (χ0v) is 8.73. The van der Waals surface area contributed by atoms with Crippen molar-refractivity contribution in [3.63, 3.8) is 0 Å². The Kier molecular flexibility index (Phi) is 3.60. The lowest BCUT2D eigenvalue weighted by Gasteiger charge is -2.21. The van der Waals surface area contributed by atoms with Gasteiger partial charge in [-0.2, -0.15) is 0 Å². The summed E-state index contributed by atoms with van der Waals surface area (Å²) in [7, 11) is 0. The molecule has 1 unspecified atom stereocenters. The van der Waals surface area contributed by atoms with Crippen molar-refractivity contribution in [2.24, 2.45) is 10.7 Å². The predicted octanol–water partition coefficient (Wildman–Crippen LogP) is 0.289. The van der Waals surface area contributed by atoms with Gasteiger partial charge in [-0.25, -0.2) is 0 Å². The van der Waals surface area contributed by atoms with Crippen molar-refractivity contribution in [1.82, 2.24) is 0 Å². The zero-order valence-electron chi connectivity index (χ0n) is 8.73. The van der Waals surface area contributed by atoms with Gasteiger partial charge < -0.3 is 15.9 Å². The van der Waals surface area contributed by atoms with Crippen molar-refractivity contribution in [3.05, 3.63) is 11.8 Å². The molecular formula is C10H16N2O3. The largest absolute Gasteiger partial charge is 0.480 e. The summed E-state index contributed by atoms with van der Waals surface area (Å²) < 4.78 is 0. The van der Waals surface area contributed by atoms with E-state index in [1.54, 1.807) is 6.20 Å². The monoisotopic (exact) mass is 212 g/mol. The maximum Gasteiger partial charge on any atom is 0.326 e. The highest BCUT2D eigenvalue weighted by Gasteiger charge is 2.33. The SMILES string of the molecule is CC1=NC=C(CCC(N)(CO)C(=O)O)C1. The zero-order chi connectivity index (χ0) is 11.5. The van der Waals surface area contributed by atoms with Crippen LogP contribution in [0, 0.1) is 0 Å². The number of aliphatic carboxylic acids is 1. The quantitative estimate of drug-likeness (QED) is 0.610. The summed E-state index contributed by atoms with van der Waals surface area (Å²) in [6, 6.07) is 0. The number of carboxylic acids is 1. The van der Waals surface area contributed by atoms with Crippen molar-refractivity contribution in [2.75, 3.05) is 6.61 Å². The van der Waals surface area contributed by atoms with E-state index in [1.807, 2.05) is 6.92 Å². The molecule has 0 bridgehead atoms. The third kappa shape index (κ3) is 2.87. The molecule has 0 fully saturated rings. The first kappa shape index (κ1) is 11.9. The summed E-state index contributed by atoms with van der Waals surface area (Å²) in [5, 5.41) is 17.8. The van der Waals surface area contributed by atoms with Gasteiger partial charge in [0.05, 0.1) is 6.61 Å². The average molecular weight is 212 g/mol. The van der Waals surface area contributed by atoms with E-state index < -0.39 is 18.1 Å². The summed E-state index contributed by atoms with van der Waals surface area (Å²) in [5.74, 6) is -1.17. The van der Waals surface area contributed by atoms with Gasteiger partial charge in [0.1, 0.15) is 5.54 Å². The second kappa shape index (κ2) is 4.55. The molecule has 1 rings (SSSR count). The van der Waals surface area contributed by atoms with Gasteiger partial charge in [0.25, 0.3) is 0 Å². The molecule has 0 radical (unpaired) electrons. The highest BCUT2D eigenvalue weighted by molar-refractivity contribution is 5.86. The Morgan fingerprint density at radius 3 is 2.80 bits per heavy atom. The van der Waals surface area contributed by atoms with Crippen LogP contribution in [0.2, 0.25) is 0 Å². The van der Waals surface area contributed by atoms with Crippen LogP contribution < -0.4 is 5.73 Å². The Balaban J connectivity index is 2.46. The lowest BCUT2D eigenvalue weighted by Crippen LogP contribution is -2.51. The Hall–Kier alpha value is -1.20. The van der Waals surface area contributed by atoms with E-state index in [9.17, 15) is 4.79 Å². The van der Waals surface area contributed by atoms with Crippen LogP contribution in [0.25, 0.3) is 0 Å². The number of hydrogen-bond acceptors (Lipinski definition) is 4. The van der Waals surface area contributed by atoms with E-state index in [1.165, 1.54) is 0 Å². The van der Waals surface area contributed by atoms with E-state index in [0.29, 0.717) is 6.42 Å². The number of aliphatic hydroxyl groups is 1. The topological polar surface area (TPSA) is 95.9 Å². The molecule has 4 N–H and O–H groups in total. The van der Waals surface area contributed by atoms with Crippen LogP contribution in [0.3, 0.4) is 0 Å². The van der Waals surface area contributed by atoms with E-state index in [4.69, 9.17) is 15.9 Å². The second-order valence-electron chi connectivity index (χ2n) is 3.95. The lowest BCUT2D eigenvalue weighted by atomic mass is 9.92. The Morgan fingerprint density at radius 2 is 2.40 bits per heavy atom. The number of rotatable bonds is 5.